The number of carbonyl (C=O) groups excluding carboxylic acids is 3. The van der Waals surface area contributed by atoms with E-state index in [0.29, 0.717) is 18.7 Å². The highest BCUT2D eigenvalue weighted by molar-refractivity contribution is 6.14. The zero-order valence-corrected chi connectivity index (χ0v) is 23.9. The zero-order valence-electron chi connectivity index (χ0n) is 23.9. The largest absolute Gasteiger partial charge is 0.477 e. The van der Waals surface area contributed by atoms with Crippen molar-refractivity contribution in [3.8, 4) is 28.4 Å². The molecule has 0 saturated heterocycles. The van der Waals surface area contributed by atoms with Crippen molar-refractivity contribution in [3.63, 3.8) is 0 Å². The van der Waals surface area contributed by atoms with Gasteiger partial charge in [-0.15, -0.1) is 5.10 Å². The number of aromatic amines is 1. The fourth-order valence-corrected chi connectivity index (χ4v) is 4.14. The first-order chi connectivity index (χ1) is 20.5. The Bertz CT molecular complexity index is 1520. The molecule has 0 saturated carbocycles. The van der Waals surface area contributed by atoms with E-state index in [0.717, 1.165) is 29.5 Å². The van der Waals surface area contributed by atoms with Crippen LogP contribution in [-0.2, 0) is 9.47 Å². The van der Waals surface area contributed by atoms with Crippen molar-refractivity contribution in [3.05, 3.63) is 77.0 Å². The lowest BCUT2D eigenvalue weighted by Gasteiger charge is -2.15. The minimum atomic E-state index is -0.776. The second kappa shape index (κ2) is 14.6. The maximum Gasteiger partial charge on any atom is 0.343 e. The Kier molecular flexibility index (Phi) is 10.5. The molecule has 0 aliphatic rings. The Morgan fingerprint density at radius 2 is 1.50 bits per heavy atom. The van der Waals surface area contributed by atoms with Crippen molar-refractivity contribution < 1.29 is 28.6 Å². The molecule has 0 atom stereocenters. The van der Waals surface area contributed by atoms with Gasteiger partial charge in [0.05, 0.1) is 25.4 Å². The van der Waals surface area contributed by atoms with Gasteiger partial charge in [0, 0.05) is 11.1 Å². The quantitative estimate of drug-likeness (QED) is 0.117. The summed E-state index contributed by atoms with van der Waals surface area (Å²) in [5, 5.41) is 14.1. The number of pyridine rings is 1. The molecular weight excluding hydrogens is 538 g/mol. The number of rotatable bonds is 14. The molecule has 42 heavy (non-hydrogen) atoms. The molecule has 2 heterocycles. The average Bonchev–Trinajstić information content (AvgIpc) is 3.56. The number of nitrogens with zero attached hydrogens (tertiary/aromatic N) is 4. The molecule has 218 valence electrons. The SMILES string of the molecule is CCCCOC(=O)c1cc(C(=O)OCC)c(C(=O)c2ccc(-c3ccccc3-c3nnn[nH]3)cc2)nc1OCCCC. The monoisotopic (exact) mass is 571 g/mol. The van der Waals surface area contributed by atoms with Gasteiger partial charge in [-0.2, -0.15) is 0 Å². The third-order valence-electron chi connectivity index (χ3n) is 6.37. The number of hydrogen-bond donors (Lipinski definition) is 1. The van der Waals surface area contributed by atoms with Gasteiger partial charge in [0.15, 0.2) is 5.82 Å². The molecular formula is C31H33N5O6. The fourth-order valence-electron chi connectivity index (χ4n) is 4.14. The van der Waals surface area contributed by atoms with Crippen LogP contribution in [0.2, 0.25) is 0 Å². The molecule has 11 heteroatoms. The maximum absolute atomic E-state index is 13.8. The van der Waals surface area contributed by atoms with Gasteiger partial charge in [-0.25, -0.2) is 19.7 Å². The maximum atomic E-state index is 13.8. The van der Waals surface area contributed by atoms with Crippen LogP contribution in [0.25, 0.3) is 22.5 Å². The van der Waals surface area contributed by atoms with E-state index in [9.17, 15) is 14.4 Å². The van der Waals surface area contributed by atoms with Crippen LogP contribution < -0.4 is 4.74 Å². The van der Waals surface area contributed by atoms with Crippen molar-refractivity contribution >= 4 is 17.7 Å². The summed E-state index contributed by atoms with van der Waals surface area (Å²) in [6, 6.07) is 15.7. The minimum absolute atomic E-state index is 0.0318. The molecule has 2 aromatic heterocycles. The molecule has 4 aromatic rings. The number of esters is 2. The summed E-state index contributed by atoms with van der Waals surface area (Å²) >= 11 is 0. The van der Waals surface area contributed by atoms with Gasteiger partial charge < -0.3 is 14.2 Å². The van der Waals surface area contributed by atoms with Crippen LogP contribution in [0, 0.1) is 0 Å². The first kappa shape index (κ1) is 30.0. The second-order valence-corrected chi connectivity index (χ2v) is 9.35. The predicted molar refractivity (Wildman–Crippen MR) is 154 cm³/mol. The average molecular weight is 572 g/mol. The number of aromatic nitrogens is 5. The van der Waals surface area contributed by atoms with E-state index in [1.807, 2.05) is 38.1 Å². The summed E-state index contributed by atoms with van der Waals surface area (Å²) in [5.41, 5.74) is 2.42. The molecule has 0 radical (unpaired) electrons. The molecule has 0 unspecified atom stereocenters. The number of hydrogen-bond acceptors (Lipinski definition) is 10. The molecule has 0 bridgehead atoms. The van der Waals surface area contributed by atoms with Gasteiger partial charge in [-0.3, -0.25) is 4.79 Å². The topological polar surface area (TPSA) is 146 Å². The van der Waals surface area contributed by atoms with Crippen LogP contribution in [0.1, 0.15) is 83.2 Å². The molecule has 0 fully saturated rings. The van der Waals surface area contributed by atoms with Gasteiger partial charge >= 0.3 is 11.9 Å². The van der Waals surface area contributed by atoms with E-state index >= 15 is 0 Å². The number of ketones is 1. The van der Waals surface area contributed by atoms with Gasteiger partial charge in [-0.1, -0.05) is 75.2 Å². The summed E-state index contributed by atoms with van der Waals surface area (Å²) in [5.74, 6) is -1.53. The Labute approximate surface area is 243 Å². The number of carbonyl (C=O) groups is 3. The van der Waals surface area contributed by atoms with Gasteiger partial charge in [0.1, 0.15) is 11.3 Å². The highest BCUT2D eigenvalue weighted by Crippen LogP contribution is 2.31. The molecule has 0 amide bonds. The van der Waals surface area contributed by atoms with Crippen LogP contribution in [-0.4, -0.2) is 63.2 Å². The van der Waals surface area contributed by atoms with Gasteiger partial charge in [0.2, 0.25) is 11.7 Å². The molecule has 2 aromatic carbocycles. The third kappa shape index (κ3) is 7.03. The summed E-state index contributed by atoms with van der Waals surface area (Å²) < 4.78 is 16.4. The first-order valence-electron chi connectivity index (χ1n) is 14.0. The van der Waals surface area contributed by atoms with E-state index in [-0.39, 0.29) is 48.1 Å². The van der Waals surface area contributed by atoms with Gasteiger partial charge in [-0.05, 0) is 47.4 Å². The third-order valence-corrected chi connectivity index (χ3v) is 6.37. The summed E-state index contributed by atoms with van der Waals surface area (Å²) in [4.78, 5) is 44.1. The lowest BCUT2D eigenvalue weighted by atomic mass is 9.96. The van der Waals surface area contributed by atoms with E-state index in [1.54, 1.807) is 31.2 Å². The number of unbranched alkanes of at least 4 members (excludes halogenated alkanes) is 2. The van der Waals surface area contributed by atoms with Crippen molar-refractivity contribution in [2.24, 2.45) is 0 Å². The Morgan fingerprint density at radius 1 is 0.810 bits per heavy atom. The van der Waals surface area contributed by atoms with E-state index in [2.05, 4.69) is 25.6 Å². The molecule has 0 spiro atoms. The highest BCUT2D eigenvalue weighted by Gasteiger charge is 2.28. The number of nitrogens with one attached hydrogen (secondary N) is 1. The number of benzene rings is 2. The highest BCUT2D eigenvalue weighted by atomic mass is 16.5. The summed E-state index contributed by atoms with van der Waals surface area (Å²) in [6.07, 6.45) is 3.09. The Hall–Kier alpha value is -4.93. The molecule has 0 aliphatic heterocycles. The van der Waals surface area contributed by atoms with E-state index < -0.39 is 17.7 Å². The molecule has 1 N–H and O–H groups in total. The van der Waals surface area contributed by atoms with Crippen LogP contribution in [0.15, 0.2) is 54.6 Å². The predicted octanol–water partition coefficient (Wildman–Crippen LogP) is 5.47. The van der Waals surface area contributed by atoms with Crippen molar-refractivity contribution in [2.75, 3.05) is 19.8 Å². The number of tetrazole rings is 1. The fraction of sp³-hybridized carbons (Fsp3) is 0.323. The number of H-pyrrole nitrogens is 1. The minimum Gasteiger partial charge on any atom is -0.477 e. The smallest absolute Gasteiger partial charge is 0.343 e. The Morgan fingerprint density at radius 3 is 2.17 bits per heavy atom. The lowest BCUT2D eigenvalue weighted by Crippen LogP contribution is -2.19. The first-order valence-corrected chi connectivity index (χ1v) is 14.0. The Balaban J connectivity index is 1.73. The van der Waals surface area contributed by atoms with E-state index in [1.165, 1.54) is 6.07 Å². The normalized spacial score (nSPS) is 10.7. The van der Waals surface area contributed by atoms with Gasteiger partial charge in [0.25, 0.3) is 0 Å². The van der Waals surface area contributed by atoms with Crippen molar-refractivity contribution in [1.82, 2.24) is 25.6 Å². The van der Waals surface area contributed by atoms with Crippen molar-refractivity contribution in [2.45, 2.75) is 46.5 Å². The van der Waals surface area contributed by atoms with Crippen LogP contribution >= 0.6 is 0 Å². The molecule has 4 rings (SSSR count). The van der Waals surface area contributed by atoms with Crippen molar-refractivity contribution in [1.29, 1.82) is 0 Å². The van der Waals surface area contributed by atoms with Crippen LogP contribution in [0.4, 0.5) is 0 Å². The van der Waals surface area contributed by atoms with Crippen LogP contribution in [0.5, 0.6) is 5.88 Å². The van der Waals surface area contributed by atoms with E-state index in [4.69, 9.17) is 14.2 Å². The number of ether oxygens (including phenoxy) is 3. The van der Waals surface area contributed by atoms with Crippen LogP contribution in [0.3, 0.4) is 0 Å². The summed E-state index contributed by atoms with van der Waals surface area (Å²) in [7, 11) is 0. The molecule has 11 nitrogen and oxygen atoms in total. The zero-order chi connectivity index (χ0) is 29.9. The lowest BCUT2D eigenvalue weighted by molar-refractivity contribution is 0.0493. The molecule has 0 aliphatic carbocycles. The summed E-state index contributed by atoms with van der Waals surface area (Å²) in [6.45, 7) is 6.20. The standard InChI is InChI=1S/C31H33N5O6/c1-4-7-17-41-29-25(31(39)42-18-8-5-2)19-24(30(38)40-6-3)26(32-29)27(37)21-15-13-20(14-16-21)22-11-9-10-12-23(22)28-33-35-36-34-28/h9-16,19H,4-8,17-18H2,1-3H3,(H,33,34,35,36). The second-order valence-electron chi connectivity index (χ2n) is 9.35.